The lowest BCUT2D eigenvalue weighted by Crippen LogP contribution is -2.35. The molecule has 0 bridgehead atoms. The van der Waals surface area contributed by atoms with E-state index in [1.165, 1.54) is 0 Å². The van der Waals surface area contributed by atoms with Crippen molar-refractivity contribution < 1.29 is 14.7 Å². The van der Waals surface area contributed by atoms with Crippen LogP contribution in [0.4, 0.5) is 0 Å². The van der Waals surface area contributed by atoms with E-state index >= 15 is 0 Å². The van der Waals surface area contributed by atoms with Crippen molar-refractivity contribution in [2.75, 3.05) is 0 Å². The minimum absolute atomic E-state index is 0.199. The minimum atomic E-state index is -1.68. The Hall–Kier alpha value is -1.68. The van der Waals surface area contributed by atoms with Gasteiger partial charge < -0.3 is 5.11 Å². The largest absolute Gasteiger partial charge is 0.375 e. The molecule has 0 spiro atoms. The molecule has 1 saturated heterocycles. The number of aliphatic hydroxyl groups is 1. The molecule has 0 aromatic heterocycles. The molecule has 1 aliphatic heterocycles. The first-order chi connectivity index (χ1) is 6.63. The quantitative estimate of drug-likeness (QED) is 0.610. The van der Waals surface area contributed by atoms with Crippen molar-refractivity contribution in [1.29, 1.82) is 0 Å². The van der Waals surface area contributed by atoms with Crippen LogP contribution in [-0.4, -0.2) is 16.9 Å². The Balaban J connectivity index is 2.43. The van der Waals surface area contributed by atoms with Crippen molar-refractivity contribution in [1.82, 2.24) is 5.32 Å². The van der Waals surface area contributed by atoms with Crippen LogP contribution < -0.4 is 5.32 Å². The maximum absolute atomic E-state index is 11.3. The Kier molecular flexibility index (Phi) is 1.86. The van der Waals surface area contributed by atoms with E-state index in [0.29, 0.717) is 5.56 Å². The molecule has 4 heteroatoms. The zero-order valence-electron chi connectivity index (χ0n) is 7.36. The maximum Gasteiger partial charge on any atom is 0.263 e. The Morgan fingerprint density at radius 3 is 2.36 bits per heavy atom. The van der Waals surface area contributed by atoms with Crippen LogP contribution in [0, 0.1) is 0 Å². The molecule has 2 rings (SSSR count). The number of rotatable bonds is 1. The lowest BCUT2D eigenvalue weighted by Gasteiger charge is -2.17. The maximum atomic E-state index is 11.3. The average molecular weight is 191 g/mol. The fourth-order valence-corrected chi connectivity index (χ4v) is 1.53. The number of nitrogens with one attached hydrogen (secondary N) is 1. The van der Waals surface area contributed by atoms with Crippen molar-refractivity contribution in [2.45, 2.75) is 12.0 Å². The van der Waals surface area contributed by atoms with Crippen molar-refractivity contribution in [2.24, 2.45) is 0 Å². The van der Waals surface area contributed by atoms with Gasteiger partial charge in [-0.15, -0.1) is 0 Å². The molecule has 2 amide bonds. The standard InChI is InChI=1S/C10H9NO3/c12-8-6-10(14,9(13)11-8)7-4-2-1-3-5-7/h1-5,14H,6H2,(H,11,12,13). The first-order valence-electron chi connectivity index (χ1n) is 4.25. The molecule has 4 nitrogen and oxygen atoms in total. The lowest BCUT2D eigenvalue weighted by atomic mass is 9.92. The van der Waals surface area contributed by atoms with Gasteiger partial charge in [0.15, 0.2) is 5.60 Å². The third-order valence-electron chi connectivity index (χ3n) is 2.30. The normalized spacial score (nSPS) is 26.4. The van der Waals surface area contributed by atoms with E-state index in [-0.39, 0.29) is 6.42 Å². The van der Waals surface area contributed by atoms with Gasteiger partial charge in [-0.1, -0.05) is 30.3 Å². The SMILES string of the molecule is O=C1CC(O)(c2ccccc2)C(=O)N1. The summed E-state index contributed by atoms with van der Waals surface area (Å²) in [7, 11) is 0. The third kappa shape index (κ3) is 1.20. The van der Waals surface area contributed by atoms with E-state index in [4.69, 9.17) is 0 Å². The number of hydrogen-bond donors (Lipinski definition) is 2. The summed E-state index contributed by atoms with van der Waals surface area (Å²) < 4.78 is 0. The van der Waals surface area contributed by atoms with Gasteiger partial charge in [0.1, 0.15) is 0 Å². The smallest absolute Gasteiger partial charge is 0.263 e. The molecule has 2 N–H and O–H groups in total. The summed E-state index contributed by atoms with van der Waals surface area (Å²) in [6, 6.07) is 8.45. The minimum Gasteiger partial charge on any atom is -0.375 e. The summed E-state index contributed by atoms with van der Waals surface area (Å²) >= 11 is 0. The Labute approximate surface area is 80.6 Å². The molecular weight excluding hydrogens is 182 g/mol. The van der Waals surface area contributed by atoms with Gasteiger partial charge in [-0.2, -0.15) is 0 Å². The number of benzene rings is 1. The highest BCUT2D eigenvalue weighted by molar-refractivity contribution is 6.07. The van der Waals surface area contributed by atoms with E-state index < -0.39 is 17.4 Å². The second-order valence-electron chi connectivity index (χ2n) is 3.28. The predicted octanol–water partition coefficient (Wildman–Crippen LogP) is -0.0793. The molecule has 0 saturated carbocycles. The molecule has 72 valence electrons. The van der Waals surface area contributed by atoms with Gasteiger partial charge in [-0.05, 0) is 5.56 Å². The van der Waals surface area contributed by atoms with E-state index in [1.807, 2.05) is 0 Å². The second kappa shape index (κ2) is 2.92. The molecular formula is C10H9NO3. The van der Waals surface area contributed by atoms with E-state index in [0.717, 1.165) is 0 Å². The fraction of sp³-hybridized carbons (Fsp3) is 0.200. The molecule has 1 aliphatic rings. The summed E-state index contributed by atoms with van der Waals surface area (Å²) in [6.07, 6.45) is -0.199. The Morgan fingerprint density at radius 2 is 1.86 bits per heavy atom. The highest BCUT2D eigenvalue weighted by atomic mass is 16.3. The second-order valence-corrected chi connectivity index (χ2v) is 3.28. The lowest BCUT2D eigenvalue weighted by molar-refractivity contribution is -0.135. The van der Waals surface area contributed by atoms with Gasteiger partial charge in [0, 0.05) is 0 Å². The van der Waals surface area contributed by atoms with Gasteiger partial charge in [-0.25, -0.2) is 0 Å². The molecule has 1 heterocycles. The van der Waals surface area contributed by atoms with Crippen LogP contribution in [0.15, 0.2) is 30.3 Å². The van der Waals surface area contributed by atoms with E-state index in [9.17, 15) is 14.7 Å². The molecule has 0 aliphatic carbocycles. The van der Waals surface area contributed by atoms with Crippen molar-refractivity contribution in [3.63, 3.8) is 0 Å². The zero-order chi connectivity index (χ0) is 10.2. The van der Waals surface area contributed by atoms with E-state index in [2.05, 4.69) is 5.32 Å². The van der Waals surface area contributed by atoms with Crippen LogP contribution in [0.1, 0.15) is 12.0 Å². The number of imide groups is 1. The summed E-state index contributed by atoms with van der Waals surface area (Å²) in [5, 5.41) is 12.0. The van der Waals surface area contributed by atoms with Gasteiger partial charge >= 0.3 is 0 Å². The first kappa shape index (κ1) is 8.90. The number of carbonyl (C=O) groups is 2. The van der Waals surface area contributed by atoms with Crippen molar-refractivity contribution in [3.05, 3.63) is 35.9 Å². The summed E-state index contributed by atoms with van der Waals surface area (Å²) in [5.41, 5.74) is -1.23. The van der Waals surface area contributed by atoms with Crippen molar-refractivity contribution >= 4 is 11.8 Å². The van der Waals surface area contributed by atoms with Gasteiger partial charge in [0.2, 0.25) is 5.91 Å². The molecule has 1 aromatic carbocycles. The van der Waals surface area contributed by atoms with Crippen molar-refractivity contribution in [3.8, 4) is 0 Å². The summed E-state index contributed by atoms with van der Waals surface area (Å²) in [5.74, 6) is -1.09. The number of amides is 2. The summed E-state index contributed by atoms with van der Waals surface area (Å²) in [4.78, 5) is 22.3. The average Bonchev–Trinajstić information content (AvgIpc) is 2.43. The van der Waals surface area contributed by atoms with Crippen LogP contribution in [0.25, 0.3) is 0 Å². The Bertz CT molecular complexity index is 388. The number of carbonyl (C=O) groups excluding carboxylic acids is 2. The predicted molar refractivity (Wildman–Crippen MR) is 48.1 cm³/mol. The highest BCUT2D eigenvalue weighted by Gasteiger charge is 2.46. The van der Waals surface area contributed by atoms with Crippen LogP contribution in [0.5, 0.6) is 0 Å². The topological polar surface area (TPSA) is 66.4 Å². The molecule has 1 aromatic rings. The van der Waals surface area contributed by atoms with Crippen LogP contribution in [-0.2, 0) is 15.2 Å². The van der Waals surface area contributed by atoms with Gasteiger partial charge in [0.05, 0.1) is 6.42 Å². The van der Waals surface area contributed by atoms with Crippen LogP contribution in [0.2, 0.25) is 0 Å². The van der Waals surface area contributed by atoms with Crippen LogP contribution >= 0.6 is 0 Å². The molecule has 0 radical (unpaired) electrons. The highest BCUT2D eigenvalue weighted by Crippen LogP contribution is 2.28. The monoisotopic (exact) mass is 191 g/mol. The van der Waals surface area contributed by atoms with Gasteiger partial charge in [-0.3, -0.25) is 14.9 Å². The summed E-state index contributed by atoms with van der Waals surface area (Å²) in [6.45, 7) is 0. The number of hydrogen-bond acceptors (Lipinski definition) is 3. The molecule has 14 heavy (non-hydrogen) atoms. The molecule has 1 fully saturated rings. The zero-order valence-corrected chi connectivity index (χ0v) is 7.36. The first-order valence-corrected chi connectivity index (χ1v) is 4.25. The fourth-order valence-electron chi connectivity index (χ4n) is 1.53. The van der Waals surface area contributed by atoms with Gasteiger partial charge in [0.25, 0.3) is 5.91 Å². The van der Waals surface area contributed by atoms with E-state index in [1.54, 1.807) is 30.3 Å². The Morgan fingerprint density at radius 1 is 1.21 bits per heavy atom. The third-order valence-corrected chi connectivity index (χ3v) is 2.30. The molecule has 1 atom stereocenters. The van der Waals surface area contributed by atoms with Crippen LogP contribution in [0.3, 0.4) is 0 Å². The molecule has 1 unspecified atom stereocenters.